The van der Waals surface area contributed by atoms with Crippen molar-refractivity contribution in [1.82, 2.24) is 10.6 Å². The van der Waals surface area contributed by atoms with Crippen LogP contribution in [0.25, 0.3) is 0 Å². The van der Waals surface area contributed by atoms with Gasteiger partial charge in [-0.3, -0.25) is 33.6 Å². The average molecular weight is 785 g/mol. The Morgan fingerprint density at radius 2 is 0.927 bits per heavy atom. The molecule has 0 radical (unpaired) electrons. The summed E-state index contributed by atoms with van der Waals surface area (Å²) in [5, 5.41) is 5.28. The molecule has 2 N–H and O–H groups in total. The van der Waals surface area contributed by atoms with E-state index < -0.39 is 66.8 Å². The van der Waals surface area contributed by atoms with Crippen LogP contribution in [0.4, 0.5) is 0 Å². The van der Waals surface area contributed by atoms with Gasteiger partial charge in [0.15, 0.2) is 18.3 Å². The van der Waals surface area contributed by atoms with Gasteiger partial charge in [-0.25, -0.2) is 0 Å². The summed E-state index contributed by atoms with van der Waals surface area (Å²) in [6.07, 6.45) is 7.89. The van der Waals surface area contributed by atoms with Gasteiger partial charge in [-0.05, 0) is 30.1 Å². The fourth-order valence-electron chi connectivity index (χ4n) is 6.30. The lowest BCUT2D eigenvalue weighted by molar-refractivity contribution is -0.203. The Labute approximate surface area is 329 Å². The fraction of sp³-hybridized carbons (Fsp3) is 0.829. The van der Waals surface area contributed by atoms with Gasteiger partial charge in [-0.2, -0.15) is 0 Å². The highest BCUT2D eigenvalue weighted by atomic mass is 16.6. The van der Waals surface area contributed by atoms with Gasteiger partial charge in [0, 0.05) is 54.1 Å². The molecule has 0 aromatic rings. The molecule has 14 nitrogen and oxygen atoms in total. The summed E-state index contributed by atoms with van der Waals surface area (Å²) in [5.41, 5.74) is 0. The second-order valence-corrected chi connectivity index (χ2v) is 15.3. The third kappa shape index (κ3) is 26.7. The van der Waals surface area contributed by atoms with Crippen molar-refractivity contribution < 1.29 is 57.2 Å². The molecule has 0 aliphatic rings. The highest BCUT2D eigenvalue weighted by Crippen LogP contribution is 2.24. The molecule has 318 valence electrons. The first kappa shape index (κ1) is 51.3. The van der Waals surface area contributed by atoms with Gasteiger partial charge in [0.25, 0.3) is 5.91 Å². The lowest BCUT2D eigenvalue weighted by atomic mass is 9.91. The molecular weight excluding hydrogens is 712 g/mol. The van der Waals surface area contributed by atoms with E-state index in [1.54, 1.807) is 0 Å². The molecular formula is C41H72N2O12. The summed E-state index contributed by atoms with van der Waals surface area (Å²) in [4.78, 5) is 85.6. The van der Waals surface area contributed by atoms with Crippen LogP contribution >= 0.6 is 0 Å². The Balaban J connectivity index is 4.95. The lowest BCUT2D eigenvalue weighted by Gasteiger charge is -2.34. The van der Waals surface area contributed by atoms with Crippen molar-refractivity contribution in [2.75, 3.05) is 19.7 Å². The summed E-state index contributed by atoms with van der Waals surface area (Å²) in [6.45, 7) is 16.0. The standard InChI is InChI=1S/C41H72N2O12/c1-11-27(2)18-14-19-28(3)16-12-13-17-29(4)20-15-21-30(5)22-23-37(49)42-24-25-43-41(50)40(55-35(10)48)39(54-34(9)47)38(53-33(8)46)36(52-32(7)45)26-51-31(6)44/h27-30,36,38-40H,11-26H2,1-10H3,(H,42,49)(H,43,50)/t27?,28?,29?,30?,36-,38-,39+,40-/m1/s1. The van der Waals surface area contributed by atoms with Crippen LogP contribution in [0.2, 0.25) is 0 Å². The lowest BCUT2D eigenvalue weighted by Crippen LogP contribution is -2.57. The molecule has 0 heterocycles. The normalized spacial score (nSPS) is 15.5. The third-order valence-corrected chi connectivity index (χ3v) is 9.65. The smallest absolute Gasteiger partial charge is 0.303 e. The SMILES string of the molecule is CCC(C)CCCC(C)CCCCC(C)CCCC(C)CCC(=O)NCCNC(=O)[C@H](OC(C)=O)[C@@H](OC(C)=O)[C@H](OC(C)=O)[C@@H](COC(C)=O)OC(C)=O. The molecule has 0 aliphatic heterocycles. The number of carbonyl (C=O) groups excluding carboxylic acids is 7. The summed E-state index contributed by atoms with van der Waals surface area (Å²) in [6, 6.07) is 0. The largest absolute Gasteiger partial charge is 0.462 e. The summed E-state index contributed by atoms with van der Waals surface area (Å²) >= 11 is 0. The highest BCUT2D eigenvalue weighted by Gasteiger charge is 2.46. The molecule has 0 aliphatic carbocycles. The fourth-order valence-corrected chi connectivity index (χ4v) is 6.30. The van der Waals surface area contributed by atoms with E-state index in [-0.39, 0.29) is 19.0 Å². The van der Waals surface area contributed by atoms with E-state index in [4.69, 9.17) is 23.7 Å². The maximum absolute atomic E-state index is 13.3. The number of ether oxygens (including phenoxy) is 5. The molecule has 2 amide bonds. The Kier molecular flexibility index (Phi) is 27.6. The van der Waals surface area contributed by atoms with Gasteiger partial charge >= 0.3 is 29.8 Å². The monoisotopic (exact) mass is 785 g/mol. The predicted octanol–water partition coefficient (Wildman–Crippen LogP) is 6.14. The zero-order valence-electron chi connectivity index (χ0n) is 35.3. The van der Waals surface area contributed by atoms with Gasteiger partial charge in [0.2, 0.25) is 12.0 Å². The van der Waals surface area contributed by atoms with Gasteiger partial charge in [-0.1, -0.05) is 105 Å². The van der Waals surface area contributed by atoms with E-state index in [1.165, 1.54) is 57.8 Å². The van der Waals surface area contributed by atoms with Crippen LogP contribution in [-0.2, 0) is 57.2 Å². The van der Waals surface area contributed by atoms with Crippen molar-refractivity contribution in [2.45, 2.75) is 177 Å². The second-order valence-electron chi connectivity index (χ2n) is 15.3. The molecule has 14 heteroatoms. The maximum atomic E-state index is 13.3. The van der Waals surface area contributed by atoms with E-state index in [9.17, 15) is 33.6 Å². The van der Waals surface area contributed by atoms with Crippen LogP contribution in [0.3, 0.4) is 0 Å². The number of carbonyl (C=O) groups is 7. The van der Waals surface area contributed by atoms with E-state index >= 15 is 0 Å². The molecule has 0 saturated carbocycles. The third-order valence-electron chi connectivity index (χ3n) is 9.65. The predicted molar refractivity (Wildman–Crippen MR) is 207 cm³/mol. The Morgan fingerprint density at radius 1 is 0.491 bits per heavy atom. The van der Waals surface area contributed by atoms with Crippen molar-refractivity contribution in [3.8, 4) is 0 Å². The van der Waals surface area contributed by atoms with Gasteiger partial charge < -0.3 is 34.3 Å². The van der Waals surface area contributed by atoms with E-state index in [1.807, 2.05) is 0 Å². The van der Waals surface area contributed by atoms with Gasteiger partial charge in [-0.15, -0.1) is 0 Å². The average Bonchev–Trinajstić information content (AvgIpc) is 3.09. The van der Waals surface area contributed by atoms with Gasteiger partial charge in [0.05, 0.1) is 0 Å². The minimum Gasteiger partial charge on any atom is -0.462 e. The number of unbranched alkanes of at least 4 members (excludes halogenated alkanes) is 1. The van der Waals surface area contributed by atoms with Crippen LogP contribution < -0.4 is 10.6 Å². The summed E-state index contributed by atoms with van der Waals surface area (Å²) in [5.74, 6) is -2.84. The van der Waals surface area contributed by atoms with Crippen LogP contribution in [0, 0.1) is 23.7 Å². The highest BCUT2D eigenvalue weighted by molar-refractivity contribution is 5.85. The Morgan fingerprint density at radius 3 is 1.40 bits per heavy atom. The minimum absolute atomic E-state index is 0.0498. The van der Waals surface area contributed by atoms with Crippen molar-refractivity contribution >= 4 is 41.7 Å². The topological polar surface area (TPSA) is 190 Å². The molecule has 0 aromatic heterocycles. The number of hydrogen-bond donors (Lipinski definition) is 2. The van der Waals surface area contributed by atoms with E-state index in [0.29, 0.717) is 18.3 Å². The quantitative estimate of drug-likeness (QED) is 0.0481. The number of nitrogens with one attached hydrogen (secondary N) is 2. The molecule has 0 rings (SSSR count). The zero-order chi connectivity index (χ0) is 41.9. The summed E-state index contributed by atoms with van der Waals surface area (Å²) in [7, 11) is 0. The number of amides is 2. The Hall–Kier alpha value is -3.71. The molecule has 4 unspecified atom stereocenters. The van der Waals surface area contributed by atoms with Gasteiger partial charge in [0.1, 0.15) is 6.61 Å². The van der Waals surface area contributed by atoms with E-state index in [2.05, 4.69) is 45.3 Å². The maximum Gasteiger partial charge on any atom is 0.303 e. The van der Waals surface area contributed by atoms with Crippen LogP contribution in [0.5, 0.6) is 0 Å². The minimum atomic E-state index is -1.89. The second kappa shape index (κ2) is 29.6. The van der Waals surface area contributed by atoms with Crippen molar-refractivity contribution in [2.24, 2.45) is 23.7 Å². The van der Waals surface area contributed by atoms with Crippen molar-refractivity contribution in [3.63, 3.8) is 0 Å². The first-order chi connectivity index (χ1) is 25.9. The van der Waals surface area contributed by atoms with Crippen LogP contribution in [-0.4, -0.2) is 85.8 Å². The molecule has 0 aromatic carbocycles. The Bertz CT molecular complexity index is 1180. The molecule has 0 bridgehead atoms. The summed E-state index contributed by atoms with van der Waals surface area (Å²) < 4.78 is 25.9. The number of rotatable bonds is 30. The number of hydrogen-bond acceptors (Lipinski definition) is 12. The van der Waals surface area contributed by atoms with Crippen LogP contribution in [0.1, 0.15) is 153 Å². The molecule has 0 fully saturated rings. The molecule has 0 spiro atoms. The first-order valence-electron chi connectivity index (χ1n) is 20.2. The number of esters is 5. The van der Waals surface area contributed by atoms with Crippen LogP contribution in [0.15, 0.2) is 0 Å². The first-order valence-corrected chi connectivity index (χ1v) is 20.2. The van der Waals surface area contributed by atoms with E-state index in [0.717, 1.165) is 65.7 Å². The van der Waals surface area contributed by atoms with Crippen molar-refractivity contribution in [3.05, 3.63) is 0 Å². The molecule has 0 saturated heterocycles. The molecule has 55 heavy (non-hydrogen) atoms. The zero-order valence-corrected chi connectivity index (χ0v) is 35.3. The molecule has 8 atom stereocenters. The van der Waals surface area contributed by atoms with Crippen molar-refractivity contribution in [1.29, 1.82) is 0 Å².